The number of amides is 1. The van der Waals surface area contributed by atoms with Gasteiger partial charge in [-0.15, -0.1) is 0 Å². The minimum Gasteiger partial charge on any atom is -0.444 e. The molecule has 0 bridgehead atoms. The van der Waals surface area contributed by atoms with E-state index >= 15 is 0 Å². The zero-order valence-electron chi connectivity index (χ0n) is 11.9. The number of alkyl carbamates (subject to hydrolysis) is 1. The van der Waals surface area contributed by atoms with E-state index in [4.69, 9.17) is 4.74 Å². The van der Waals surface area contributed by atoms with Crippen molar-refractivity contribution in [3.05, 3.63) is 34.4 Å². The first-order chi connectivity index (χ1) is 9.37. The zero-order chi connectivity index (χ0) is 14.8. The average Bonchev–Trinajstić information content (AvgIpc) is 2.72. The van der Waals surface area contributed by atoms with Gasteiger partial charge in [-0.05, 0) is 54.8 Å². The van der Waals surface area contributed by atoms with Crippen molar-refractivity contribution in [2.75, 3.05) is 6.54 Å². The summed E-state index contributed by atoms with van der Waals surface area (Å²) in [6, 6.07) is 6.08. The second kappa shape index (κ2) is 5.87. The van der Waals surface area contributed by atoms with Gasteiger partial charge in [0.25, 0.3) is 0 Å². The Bertz CT molecular complexity index is 614. The van der Waals surface area contributed by atoms with Crippen molar-refractivity contribution in [3.63, 3.8) is 0 Å². The molecule has 0 aliphatic heterocycles. The zero-order valence-corrected chi connectivity index (χ0v) is 13.5. The van der Waals surface area contributed by atoms with Crippen molar-refractivity contribution < 1.29 is 9.53 Å². The van der Waals surface area contributed by atoms with Gasteiger partial charge in [-0.2, -0.15) is 0 Å². The molecule has 4 nitrogen and oxygen atoms in total. The fourth-order valence-corrected chi connectivity index (χ4v) is 2.48. The fourth-order valence-electron chi connectivity index (χ4n) is 2.00. The highest BCUT2D eigenvalue weighted by Crippen LogP contribution is 2.25. The first-order valence-electron chi connectivity index (χ1n) is 6.58. The molecule has 108 valence electrons. The topological polar surface area (TPSA) is 54.1 Å². The van der Waals surface area contributed by atoms with Gasteiger partial charge in [-0.3, -0.25) is 0 Å². The van der Waals surface area contributed by atoms with Crippen LogP contribution in [0.15, 0.2) is 28.9 Å². The summed E-state index contributed by atoms with van der Waals surface area (Å²) in [5.41, 5.74) is 1.80. The molecule has 0 saturated carbocycles. The maximum Gasteiger partial charge on any atom is 0.407 e. The maximum atomic E-state index is 11.6. The van der Waals surface area contributed by atoms with Crippen molar-refractivity contribution >= 4 is 32.9 Å². The van der Waals surface area contributed by atoms with Crippen molar-refractivity contribution in [2.45, 2.75) is 32.8 Å². The number of H-pyrrole nitrogens is 1. The predicted octanol–water partition coefficient (Wildman–Crippen LogP) is 4.00. The molecule has 20 heavy (non-hydrogen) atoms. The Labute approximate surface area is 127 Å². The molecule has 0 aliphatic rings. The molecular formula is C15H19BrN2O2. The van der Waals surface area contributed by atoms with E-state index in [9.17, 15) is 4.79 Å². The summed E-state index contributed by atoms with van der Waals surface area (Å²) in [6.45, 7) is 6.10. The van der Waals surface area contributed by atoms with Crippen LogP contribution in [0.2, 0.25) is 0 Å². The molecule has 1 amide bonds. The highest BCUT2D eigenvalue weighted by molar-refractivity contribution is 9.10. The second-order valence-corrected chi connectivity index (χ2v) is 6.51. The van der Waals surface area contributed by atoms with Gasteiger partial charge in [0.1, 0.15) is 5.60 Å². The van der Waals surface area contributed by atoms with E-state index in [1.54, 1.807) is 0 Å². The van der Waals surface area contributed by atoms with Crippen LogP contribution in [0.1, 0.15) is 26.3 Å². The summed E-state index contributed by atoms with van der Waals surface area (Å²) in [5.74, 6) is 0. The number of nitrogens with one attached hydrogen (secondary N) is 2. The van der Waals surface area contributed by atoms with Gasteiger partial charge in [0.2, 0.25) is 0 Å². The molecule has 0 saturated heterocycles. The largest absolute Gasteiger partial charge is 0.444 e. The Morgan fingerprint density at radius 2 is 2.15 bits per heavy atom. The molecule has 0 fully saturated rings. The summed E-state index contributed by atoms with van der Waals surface area (Å²) < 4.78 is 6.24. The number of rotatable bonds is 3. The van der Waals surface area contributed by atoms with Gasteiger partial charge < -0.3 is 15.0 Å². The van der Waals surface area contributed by atoms with Crippen LogP contribution in [0.25, 0.3) is 10.9 Å². The third-order valence-electron chi connectivity index (χ3n) is 2.81. The Morgan fingerprint density at radius 1 is 1.40 bits per heavy atom. The molecular weight excluding hydrogens is 320 g/mol. The maximum absolute atomic E-state index is 11.6. The number of hydrogen-bond acceptors (Lipinski definition) is 2. The SMILES string of the molecule is CC(C)(C)OC(=O)NCCc1c[nH]c2c(Br)cccc12. The molecule has 0 spiro atoms. The van der Waals surface area contributed by atoms with Crippen LogP contribution in [0.3, 0.4) is 0 Å². The van der Waals surface area contributed by atoms with E-state index in [-0.39, 0.29) is 6.09 Å². The molecule has 0 atom stereocenters. The molecule has 1 aromatic carbocycles. The van der Waals surface area contributed by atoms with Crippen LogP contribution in [0, 0.1) is 0 Å². The number of aromatic nitrogens is 1. The number of carbonyl (C=O) groups is 1. The molecule has 1 heterocycles. The number of hydrogen-bond donors (Lipinski definition) is 2. The molecule has 0 aliphatic carbocycles. The molecule has 1 aromatic heterocycles. The van der Waals surface area contributed by atoms with E-state index < -0.39 is 5.60 Å². The Balaban J connectivity index is 1.94. The summed E-state index contributed by atoms with van der Waals surface area (Å²) >= 11 is 3.51. The van der Waals surface area contributed by atoms with Crippen LogP contribution in [-0.4, -0.2) is 23.2 Å². The van der Waals surface area contributed by atoms with Crippen molar-refractivity contribution in [1.82, 2.24) is 10.3 Å². The highest BCUT2D eigenvalue weighted by atomic mass is 79.9. The summed E-state index contributed by atoms with van der Waals surface area (Å²) in [5, 5.41) is 3.94. The predicted molar refractivity (Wildman–Crippen MR) is 83.9 cm³/mol. The lowest BCUT2D eigenvalue weighted by atomic mass is 10.1. The standard InChI is InChI=1S/C15H19BrN2O2/c1-15(2,3)20-14(19)17-8-7-10-9-18-13-11(10)5-4-6-12(13)16/h4-6,9,18H,7-8H2,1-3H3,(H,17,19). The number of benzene rings is 1. The molecule has 5 heteroatoms. The summed E-state index contributed by atoms with van der Waals surface area (Å²) in [6.07, 6.45) is 2.36. The molecule has 0 unspecified atom stereocenters. The van der Waals surface area contributed by atoms with E-state index in [0.29, 0.717) is 6.54 Å². The van der Waals surface area contributed by atoms with Crippen LogP contribution in [0.4, 0.5) is 4.79 Å². The lowest BCUT2D eigenvalue weighted by Crippen LogP contribution is -2.33. The van der Waals surface area contributed by atoms with Gasteiger partial charge in [-0.1, -0.05) is 12.1 Å². The van der Waals surface area contributed by atoms with Crippen molar-refractivity contribution in [3.8, 4) is 0 Å². The third-order valence-corrected chi connectivity index (χ3v) is 3.47. The average molecular weight is 339 g/mol. The van der Waals surface area contributed by atoms with Crippen LogP contribution in [0.5, 0.6) is 0 Å². The first kappa shape index (κ1) is 14.9. The van der Waals surface area contributed by atoms with Crippen molar-refractivity contribution in [2.24, 2.45) is 0 Å². The smallest absolute Gasteiger partial charge is 0.407 e. The van der Waals surface area contributed by atoms with Gasteiger partial charge in [0.05, 0.1) is 5.52 Å². The number of para-hydroxylation sites is 1. The number of carbonyl (C=O) groups excluding carboxylic acids is 1. The lowest BCUT2D eigenvalue weighted by Gasteiger charge is -2.19. The Hall–Kier alpha value is -1.49. The van der Waals surface area contributed by atoms with E-state index in [1.165, 1.54) is 10.9 Å². The van der Waals surface area contributed by atoms with Gasteiger partial charge in [0, 0.05) is 22.6 Å². The highest BCUT2D eigenvalue weighted by Gasteiger charge is 2.15. The second-order valence-electron chi connectivity index (χ2n) is 5.65. The van der Waals surface area contributed by atoms with E-state index in [1.807, 2.05) is 39.1 Å². The quantitative estimate of drug-likeness (QED) is 0.888. The minimum atomic E-state index is -0.463. The van der Waals surface area contributed by atoms with Crippen LogP contribution in [-0.2, 0) is 11.2 Å². The van der Waals surface area contributed by atoms with Gasteiger partial charge >= 0.3 is 6.09 Å². The minimum absolute atomic E-state index is 0.376. The summed E-state index contributed by atoms with van der Waals surface area (Å²) in [4.78, 5) is 14.8. The fraction of sp³-hybridized carbons (Fsp3) is 0.400. The van der Waals surface area contributed by atoms with Crippen LogP contribution >= 0.6 is 15.9 Å². The van der Waals surface area contributed by atoms with E-state index in [2.05, 4.69) is 32.3 Å². The number of ether oxygens (including phenoxy) is 1. The number of halogens is 1. The lowest BCUT2D eigenvalue weighted by molar-refractivity contribution is 0.0528. The Kier molecular flexibility index (Phi) is 4.38. The molecule has 2 aromatic rings. The number of aromatic amines is 1. The monoisotopic (exact) mass is 338 g/mol. The first-order valence-corrected chi connectivity index (χ1v) is 7.37. The molecule has 0 radical (unpaired) electrons. The van der Waals surface area contributed by atoms with Gasteiger partial charge in [0.15, 0.2) is 0 Å². The summed E-state index contributed by atoms with van der Waals surface area (Å²) in [7, 11) is 0. The van der Waals surface area contributed by atoms with E-state index in [0.717, 1.165) is 16.4 Å². The van der Waals surface area contributed by atoms with Crippen molar-refractivity contribution in [1.29, 1.82) is 0 Å². The number of fused-ring (bicyclic) bond motifs is 1. The third kappa shape index (κ3) is 3.76. The molecule has 2 rings (SSSR count). The molecule has 2 N–H and O–H groups in total. The normalized spacial score (nSPS) is 11.6. The van der Waals surface area contributed by atoms with Gasteiger partial charge in [-0.25, -0.2) is 4.79 Å². The van der Waals surface area contributed by atoms with Crippen LogP contribution < -0.4 is 5.32 Å². The Morgan fingerprint density at radius 3 is 2.85 bits per heavy atom.